The molecule has 17 heavy (non-hydrogen) atoms. The molecule has 0 bridgehead atoms. The van der Waals surface area contributed by atoms with Gasteiger partial charge in [-0.25, -0.2) is 0 Å². The van der Waals surface area contributed by atoms with Gasteiger partial charge in [-0.1, -0.05) is 17.7 Å². The third kappa shape index (κ3) is 2.20. The predicted molar refractivity (Wildman–Crippen MR) is 67.1 cm³/mol. The summed E-state index contributed by atoms with van der Waals surface area (Å²) in [5.74, 6) is 0.370. The first-order valence-corrected chi connectivity index (χ1v) is 6.01. The van der Waals surface area contributed by atoms with E-state index in [1.807, 2.05) is 37.8 Å². The number of hydrogen-bond donors (Lipinski definition) is 1. The highest BCUT2D eigenvalue weighted by Gasteiger charge is 2.31. The molecule has 0 spiro atoms. The Hall–Kier alpha value is -1.35. The number of amides is 1. The van der Waals surface area contributed by atoms with Gasteiger partial charge in [0.25, 0.3) is 5.91 Å². The van der Waals surface area contributed by atoms with E-state index in [0.717, 1.165) is 16.7 Å². The van der Waals surface area contributed by atoms with E-state index >= 15 is 0 Å². The molecule has 1 amide bonds. The van der Waals surface area contributed by atoms with Crippen LogP contribution >= 0.6 is 0 Å². The van der Waals surface area contributed by atoms with Crippen LogP contribution in [0.15, 0.2) is 12.1 Å². The topological polar surface area (TPSA) is 40.5 Å². The first kappa shape index (κ1) is 12.1. The second kappa shape index (κ2) is 4.49. The van der Waals surface area contributed by atoms with Gasteiger partial charge in [0, 0.05) is 31.2 Å². The van der Waals surface area contributed by atoms with Gasteiger partial charge in [-0.3, -0.25) is 4.79 Å². The highest BCUT2D eigenvalue weighted by atomic mass is 16.3. The van der Waals surface area contributed by atoms with Gasteiger partial charge in [0.1, 0.15) is 0 Å². The van der Waals surface area contributed by atoms with Gasteiger partial charge in [0.15, 0.2) is 0 Å². The summed E-state index contributed by atoms with van der Waals surface area (Å²) in [5, 5.41) is 8.96. The Morgan fingerprint density at radius 2 is 1.82 bits per heavy atom. The molecule has 0 saturated carbocycles. The zero-order chi connectivity index (χ0) is 12.6. The molecule has 3 heteroatoms. The highest BCUT2D eigenvalue weighted by Crippen LogP contribution is 2.23. The van der Waals surface area contributed by atoms with Crippen LogP contribution in [0.5, 0.6) is 0 Å². The molecule has 1 heterocycles. The van der Waals surface area contributed by atoms with Crippen LogP contribution in [0.1, 0.15) is 27.0 Å². The quantitative estimate of drug-likeness (QED) is 0.844. The van der Waals surface area contributed by atoms with Crippen molar-refractivity contribution >= 4 is 5.91 Å². The molecule has 0 radical (unpaired) electrons. The van der Waals surface area contributed by atoms with Gasteiger partial charge in [0.05, 0.1) is 0 Å². The molecule has 1 fully saturated rings. The van der Waals surface area contributed by atoms with E-state index < -0.39 is 0 Å². The SMILES string of the molecule is Cc1cc(C)c(C(=O)N2CC(CO)C2)c(C)c1. The molecule has 2 rings (SSSR count). The second-order valence-corrected chi connectivity index (χ2v) is 5.03. The Bertz CT molecular complexity index is 425. The lowest BCUT2D eigenvalue weighted by molar-refractivity contribution is 0.0360. The minimum Gasteiger partial charge on any atom is -0.396 e. The van der Waals surface area contributed by atoms with Crippen LogP contribution in [0.25, 0.3) is 0 Å². The molecule has 1 aliphatic heterocycles. The number of carbonyl (C=O) groups is 1. The van der Waals surface area contributed by atoms with Gasteiger partial charge < -0.3 is 10.0 Å². The Labute approximate surface area is 102 Å². The van der Waals surface area contributed by atoms with Crippen molar-refractivity contribution in [3.05, 3.63) is 34.4 Å². The van der Waals surface area contributed by atoms with Crippen LogP contribution < -0.4 is 0 Å². The Morgan fingerprint density at radius 3 is 2.29 bits per heavy atom. The maximum absolute atomic E-state index is 12.3. The monoisotopic (exact) mass is 233 g/mol. The zero-order valence-corrected chi connectivity index (χ0v) is 10.7. The van der Waals surface area contributed by atoms with Gasteiger partial charge in [-0.05, 0) is 31.9 Å². The maximum atomic E-state index is 12.3. The number of aliphatic hydroxyl groups excluding tert-OH is 1. The van der Waals surface area contributed by atoms with Crippen molar-refractivity contribution in [3.63, 3.8) is 0 Å². The number of hydrogen-bond acceptors (Lipinski definition) is 2. The summed E-state index contributed by atoms with van der Waals surface area (Å²) in [6.45, 7) is 7.55. The summed E-state index contributed by atoms with van der Waals surface area (Å²) in [6.07, 6.45) is 0. The van der Waals surface area contributed by atoms with Gasteiger partial charge in [-0.2, -0.15) is 0 Å². The Kier molecular flexibility index (Phi) is 3.20. The smallest absolute Gasteiger partial charge is 0.254 e. The molecule has 92 valence electrons. The Morgan fingerprint density at radius 1 is 1.29 bits per heavy atom. The fourth-order valence-corrected chi connectivity index (χ4v) is 2.53. The average Bonchev–Trinajstić information content (AvgIpc) is 2.13. The van der Waals surface area contributed by atoms with Crippen LogP contribution in [-0.4, -0.2) is 35.6 Å². The van der Waals surface area contributed by atoms with Crippen LogP contribution in [-0.2, 0) is 0 Å². The number of aliphatic hydroxyl groups is 1. The number of rotatable bonds is 2. The number of carbonyl (C=O) groups excluding carboxylic acids is 1. The molecule has 0 aliphatic carbocycles. The zero-order valence-electron chi connectivity index (χ0n) is 10.7. The lowest BCUT2D eigenvalue weighted by Crippen LogP contribution is -2.51. The molecule has 0 aromatic heterocycles. The summed E-state index contributed by atoms with van der Waals surface area (Å²) in [5.41, 5.74) is 4.10. The van der Waals surface area contributed by atoms with E-state index in [0.29, 0.717) is 13.1 Å². The van der Waals surface area contributed by atoms with Crippen molar-refractivity contribution in [2.45, 2.75) is 20.8 Å². The van der Waals surface area contributed by atoms with Crippen molar-refractivity contribution in [1.82, 2.24) is 4.90 Å². The maximum Gasteiger partial charge on any atom is 0.254 e. The van der Waals surface area contributed by atoms with Crippen molar-refractivity contribution in [2.75, 3.05) is 19.7 Å². The van der Waals surface area contributed by atoms with Gasteiger partial charge in [0.2, 0.25) is 0 Å². The first-order chi connectivity index (χ1) is 8.02. The predicted octanol–water partition coefficient (Wildman–Crippen LogP) is 1.68. The minimum absolute atomic E-state index is 0.102. The first-order valence-electron chi connectivity index (χ1n) is 6.01. The van der Waals surface area contributed by atoms with Crippen molar-refractivity contribution in [2.24, 2.45) is 5.92 Å². The van der Waals surface area contributed by atoms with Gasteiger partial charge in [-0.15, -0.1) is 0 Å². The summed E-state index contributed by atoms with van der Waals surface area (Å²) >= 11 is 0. The number of likely N-dealkylation sites (tertiary alicyclic amines) is 1. The molecule has 0 atom stereocenters. The number of aryl methyl sites for hydroxylation is 3. The standard InChI is InChI=1S/C14H19NO2/c1-9-4-10(2)13(11(3)5-9)14(17)15-6-12(7-15)8-16/h4-5,12,16H,6-8H2,1-3H3. The average molecular weight is 233 g/mol. The molecule has 0 unspecified atom stereocenters. The molecular formula is C14H19NO2. The normalized spacial score (nSPS) is 15.9. The van der Waals surface area contributed by atoms with Crippen LogP contribution in [0.2, 0.25) is 0 Å². The summed E-state index contributed by atoms with van der Waals surface area (Å²) in [7, 11) is 0. The molecule has 1 N–H and O–H groups in total. The fourth-order valence-electron chi connectivity index (χ4n) is 2.53. The highest BCUT2D eigenvalue weighted by molar-refractivity contribution is 5.97. The van der Waals surface area contributed by atoms with Crippen molar-refractivity contribution in [3.8, 4) is 0 Å². The minimum atomic E-state index is 0.102. The van der Waals surface area contributed by atoms with Crippen LogP contribution in [0, 0.1) is 26.7 Å². The van der Waals surface area contributed by atoms with Crippen LogP contribution in [0.3, 0.4) is 0 Å². The van der Waals surface area contributed by atoms with E-state index in [9.17, 15) is 4.79 Å². The Balaban J connectivity index is 2.21. The van der Waals surface area contributed by atoms with Gasteiger partial charge >= 0.3 is 0 Å². The molecule has 1 saturated heterocycles. The molecule has 1 aliphatic rings. The van der Waals surface area contributed by atoms with Crippen molar-refractivity contribution < 1.29 is 9.90 Å². The molecule has 1 aromatic carbocycles. The lowest BCUT2D eigenvalue weighted by Gasteiger charge is -2.38. The van der Waals surface area contributed by atoms with E-state index in [2.05, 4.69) is 0 Å². The largest absolute Gasteiger partial charge is 0.396 e. The van der Waals surface area contributed by atoms with E-state index in [4.69, 9.17) is 5.11 Å². The fraction of sp³-hybridized carbons (Fsp3) is 0.500. The summed E-state index contributed by atoms with van der Waals surface area (Å²) in [6, 6.07) is 4.09. The third-order valence-corrected chi connectivity index (χ3v) is 3.39. The number of nitrogens with zero attached hydrogens (tertiary/aromatic N) is 1. The molecule has 1 aromatic rings. The van der Waals surface area contributed by atoms with E-state index in [-0.39, 0.29) is 18.4 Å². The van der Waals surface area contributed by atoms with Crippen LogP contribution in [0.4, 0.5) is 0 Å². The van der Waals surface area contributed by atoms with E-state index in [1.165, 1.54) is 5.56 Å². The summed E-state index contributed by atoms with van der Waals surface area (Å²) < 4.78 is 0. The van der Waals surface area contributed by atoms with E-state index in [1.54, 1.807) is 0 Å². The molecular weight excluding hydrogens is 214 g/mol. The third-order valence-electron chi connectivity index (χ3n) is 3.39. The summed E-state index contributed by atoms with van der Waals surface area (Å²) in [4.78, 5) is 14.1. The lowest BCUT2D eigenvalue weighted by atomic mass is 9.95. The number of benzene rings is 1. The second-order valence-electron chi connectivity index (χ2n) is 5.03. The molecule has 3 nitrogen and oxygen atoms in total. The van der Waals surface area contributed by atoms with Crippen molar-refractivity contribution in [1.29, 1.82) is 0 Å².